The highest BCUT2D eigenvalue weighted by atomic mass is 35.5. The van der Waals surface area contributed by atoms with Crippen molar-refractivity contribution in [2.75, 3.05) is 32.7 Å². The SMILES string of the molecule is O=C(NCCC(=O)N1CCCN(C(=O)c2ccccc2F)CC1)c1ccc(F)cc1Cl. The Morgan fingerprint density at radius 3 is 2.39 bits per heavy atom. The second-order valence-corrected chi connectivity index (χ2v) is 7.54. The fraction of sp³-hybridized carbons (Fsp3) is 0.318. The number of carbonyl (C=O) groups is 3. The maximum Gasteiger partial charge on any atom is 0.256 e. The lowest BCUT2D eigenvalue weighted by Crippen LogP contribution is -2.38. The van der Waals surface area contributed by atoms with E-state index in [1.54, 1.807) is 15.9 Å². The van der Waals surface area contributed by atoms with Gasteiger partial charge >= 0.3 is 0 Å². The molecule has 6 nitrogen and oxygen atoms in total. The van der Waals surface area contributed by atoms with E-state index in [1.165, 1.54) is 24.3 Å². The predicted molar refractivity (Wildman–Crippen MR) is 112 cm³/mol. The average Bonchev–Trinajstić information content (AvgIpc) is 3.00. The number of hydrogen-bond donors (Lipinski definition) is 1. The van der Waals surface area contributed by atoms with Crippen LogP contribution in [0.25, 0.3) is 0 Å². The monoisotopic (exact) mass is 449 g/mol. The summed E-state index contributed by atoms with van der Waals surface area (Å²) in [4.78, 5) is 40.4. The fourth-order valence-electron chi connectivity index (χ4n) is 3.38. The highest BCUT2D eigenvalue weighted by molar-refractivity contribution is 6.33. The molecule has 1 N–H and O–H groups in total. The molecule has 1 saturated heterocycles. The van der Waals surface area contributed by atoms with E-state index in [0.29, 0.717) is 32.6 Å². The molecule has 1 aliphatic heterocycles. The third-order valence-electron chi connectivity index (χ3n) is 5.04. The lowest BCUT2D eigenvalue weighted by molar-refractivity contribution is -0.130. The zero-order chi connectivity index (χ0) is 22.4. The van der Waals surface area contributed by atoms with Crippen LogP contribution in [0.1, 0.15) is 33.6 Å². The van der Waals surface area contributed by atoms with Crippen molar-refractivity contribution >= 4 is 29.3 Å². The number of rotatable bonds is 5. The van der Waals surface area contributed by atoms with E-state index in [0.717, 1.165) is 12.1 Å². The van der Waals surface area contributed by atoms with E-state index in [2.05, 4.69) is 5.32 Å². The molecule has 0 bridgehead atoms. The molecule has 0 spiro atoms. The summed E-state index contributed by atoms with van der Waals surface area (Å²) in [5, 5.41) is 2.60. The summed E-state index contributed by atoms with van der Waals surface area (Å²) in [6.07, 6.45) is 0.648. The molecule has 0 aromatic heterocycles. The van der Waals surface area contributed by atoms with Gasteiger partial charge in [-0.2, -0.15) is 0 Å². The van der Waals surface area contributed by atoms with Gasteiger partial charge in [0.25, 0.3) is 11.8 Å². The van der Waals surface area contributed by atoms with Gasteiger partial charge in [-0.15, -0.1) is 0 Å². The van der Waals surface area contributed by atoms with Gasteiger partial charge in [-0.05, 0) is 36.8 Å². The molecule has 0 atom stereocenters. The summed E-state index contributed by atoms with van der Waals surface area (Å²) in [6, 6.07) is 9.29. The Kier molecular flexibility index (Phi) is 7.57. The molecule has 0 unspecified atom stereocenters. The molecule has 3 rings (SSSR count). The van der Waals surface area contributed by atoms with Crippen molar-refractivity contribution in [2.24, 2.45) is 0 Å². The second-order valence-electron chi connectivity index (χ2n) is 7.14. The number of carbonyl (C=O) groups excluding carboxylic acids is 3. The van der Waals surface area contributed by atoms with Gasteiger partial charge in [0.1, 0.15) is 11.6 Å². The molecule has 9 heteroatoms. The van der Waals surface area contributed by atoms with Crippen molar-refractivity contribution in [2.45, 2.75) is 12.8 Å². The summed E-state index contributed by atoms with van der Waals surface area (Å²) < 4.78 is 27.0. The van der Waals surface area contributed by atoms with Crippen LogP contribution in [0.15, 0.2) is 42.5 Å². The standard InChI is InChI=1S/C22H22ClF2N3O3/c23-18-14-15(24)6-7-16(18)21(30)26-9-8-20(29)27-10-3-11-28(13-12-27)22(31)17-4-1-2-5-19(17)25/h1-2,4-7,14H,3,8-13H2,(H,26,30). The first-order valence-corrected chi connectivity index (χ1v) is 10.3. The predicted octanol–water partition coefficient (Wildman–Crippen LogP) is 3.11. The van der Waals surface area contributed by atoms with E-state index in [4.69, 9.17) is 11.6 Å². The van der Waals surface area contributed by atoms with Gasteiger partial charge < -0.3 is 15.1 Å². The van der Waals surface area contributed by atoms with Crippen LogP contribution in [0.4, 0.5) is 8.78 Å². The molecule has 2 aromatic carbocycles. The number of nitrogens with one attached hydrogen (secondary N) is 1. The molecule has 1 fully saturated rings. The molecule has 0 aliphatic carbocycles. The Balaban J connectivity index is 1.49. The maximum atomic E-state index is 13.9. The molecule has 1 heterocycles. The normalized spacial score (nSPS) is 14.2. The number of benzene rings is 2. The highest BCUT2D eigenvalue weighted by Gasteiger charge is 2.24. The summed E-state index contributed by atoms with van der Waals surface area (Å²) in [6.45, 7) is 1.63. The van der Waals surface area contributed by atoms with Crippen molar-refractivity contribution < 1.29 is 23.2 Å². The molecule has 3 amide bonds. The quantitative estimate of drug-likeness (QED) is 0.762. The lowest BCUT2D eigenvalue weighted by Gasteiger charge is -2.22. The minimum Gasteiger partial charge on any atom is -0.351 e. The van der Waals surface area contributed by atoms with Crippen molar-refractivity contribution in [3.8, 4) is 0 Å². The molecular formula is C22H22ClF2N3O3. The molecule has 0 saturated carbocycles. The minimum absolute atomic E-state index is 0.00374. The Labute approximate surface area is 183 Å². The van der Waals surface area contributed by atoms with Gasteiger partial charge in [0.15, 0.2) is 0 Å². The minimum atomic E-state index is -0.568. The van der Waals surface area contributed by atoms with Crippen LogP contribution in [-0.2, 0) is 4.79 Å². The van der Waals surface area contributed by atoms with Crippen LogP contribution in [0, 0.1) is 11.6 Å². The number of halogens is 3. The molecule has 1 aliphatic rings. The lowest BCUT2D eigenvalue weighted by atomic mass is 10.2. The fourth-order valence-corrected chi connectivity index (χ4v) is 3.64. The number of amides is 3. The average molecular weight is 450 g/mol. The van der Waals surface area contributed by atoms with E-state index in [-0.39, 0.29) is 35.0 Å². The van der Waals surface area contributed by atoms with Crippen molar-refractivity contribution in [3.63, 3.8) is 0 Å². The first-order chi connectivity index (χ1) is 14.9. The van der Waals surface area contributed by atoms with Gasteiger partial charge in [0.2, 0.25) is 5.91 Å². The van der Waals surface area contributed by atoms with E-state index >= 15 is 0 Å². The maximum absolute atomic E-state index is 13.9. The van der Waals surface area contributed by atoms with Crippen LogP contribution in [0.5, 0.6) is 0 Å². The molecule has 31 heavy (non-hydrogen) atoms. The van der Waals surface area contributed by atoms with E-state index < -0.39 is 23.4 Å². The molecule has 164 valence electrons. The van der Waals surface area contributed by atoms with Crippen LogP contribution < -0.4 is 5.32 Å². The van der Waals surface area contributed by atoms with Gasteiger partial charge in [-0.3, -0.25) is 14.4 Å². The summed E-state index contributed by atoms with van der Waals surface area (Å²) in [5.74, 6) is -2.15. The second kappa shape index (κ2) is 10.3. The van der Waals surface area contributed by atoms with Gasteiger partial charge in [-0.1, -0.05) is 23.7 Å². The topological polar surface area (TPSA) is 69.7 Å². The summed E-state index contributed by atoms with van der Waals surface area (Å²) >= 11 is 5.87. The molecular weight excluding hydrogens is 428 g/mol. The van der Waals surface area contributed by atoms with Gasteiger partial charge in [0, 0.05) is 39.1 Å². The Bertz CT molecular complexity index is 986. The van der Waals surface area contributed by atoms with Crippen molar-refractivity contribution in [3.05, 3.63) is 70.2 Å². The number of nitrogens with zero attached hydrogens (tertiary/aromatic N) is 2. The Morgan fingerprint density at radius 2 is 1.65 bits per heavy atom. The van der Waals surface area contributed by atoms with E-state index in [1.807, 2.05) is 0 Å². The van der Waals surface area contributed by atoms with Crippen LogP contribution >= 0.6 is 11.6 Å². The summed E-state index contributed by atoms with van der Waals surface area (Å²) in [5.41, 5.74) is 0.150. The third kappa shape index (κ3) is 5.79. The van der Waals surface area contributed by atoms with Crippen LogP contribution in [0.3, 0.4) is 0 Å². The zero-order valence-electron chi connectivity index (χ0n) is 16.7. The van der Waals surface area contributed by atoms with Gasteiger partial charge in [0.05, 0.1) is 16.1 Å². The zero-order valence-corrected chi connectivity index (χ0v) is 17.5. The largest absolute Gasteiger partial charge is 0.351 e. The molecule has 2 aromatic rings. The van der Waals surface area contributed by atoms with Crippen molar-refractivity contribution in [1.29, 1.82) is 0 Å². The van der Waals surface area contributed by atoms with Crippen LogP contribution in [-0.4, -0.2) is 60.2 Å². The first-order valence-electron chi connectivity index (χ1n) is 9.91. The van der Waals surface area contributed by atoms with Gasteiger partial charge in [-0.25, -0.2) is 8.78 Å². The van der Waals surface area contributed by atoms with E-state index in [9.17, 15) is 23.2 Å². The Morgan fingerprint density at radius 1 is 0.935 bits per heavy atom. The third-order valence-corrected chi connectivity index (χ3v) is 5.35. The van der Waals surface area contributed by atoms with Crippen LogP contribution in [0.2, 0.25) is 5.02 Å². The molecule has 0 radical (unpaired) electrons. The first kappa shape index (κ1) is 22.7. The highest BCUT2D eigenvalue weighted by Crippen LogP contribution is 2.17. The van der Waals surface area contributed by atoms with Crippen molar-refractivity contribution in [1.82, 2.24) is 15.1 Å². The Hall–Kier alpha value is -3.00. The summed E-state index contributed by atoms with van der Waals surface area (Å²) in [7, 11) is 0. The smallest absolute Gasteiger partial charge is 0.256 e. The number of hydrogen-bond acceptors (Lipinski definition) is 3.